The molecule has 2 aromatic carbocycles. The van der Waals surface area contributed by atoms with Gasteiger partial charge >= 0.3 is 0 Å². The van der Waals surface area contributed by atoms with Crippen LogP contribution in [0.2, 0.25) is 0 Å². The van der Waals surface area contributed by atoms with Gasteiger partial charge in [0.15, 0.2) is 0 Å². The van der Waals surface area contributed by atoms with Gasteiger partial charge in [-0.25, -0.2) is 8.42 Å². The van der Waals surface area contributed by atoms with Crippen molar-refractivity contribution >= 4 is 27.3 Å². The predicted octanol–water partition coefficient (Wildman–Crippen LogP) is 8.19. The molecule has 1 aromatic heterocycles. The lowest BCUT2D eigenvalue weighted by Gasteiger charge is -2.59. The molecule has 2 fully saturated rings. The number of rotatable bonds is 22. The number of aliphatic hydroxyl groups excluding tert-OH is 2. The molecule has 1 saturated carbocycles. The zero-order valence-electron chi connectivity index (χ0n) is 38.0. The van der Waals surface area contributed by atoms with Gasteiger partial charge in [0.1, 0.15) is 18.1 Å². The Labute approximate surface area is 384 Å². The van der Waals surface area contributed by atoms with Crippen molar-refractivity contribution in [3.63, 3.8) is 0 Å². The molecule has 3 heterocycles. The summed E-state index contributed by atoms with van der Waals surface area (Å²) in [6, 6.07) is 16.9. The van der Waals surface area contributed by atoms with E-state index in [4.69, 9.17) is 28.9 Å². The number of hydrogen-bond donors (Lipinski definition) is 3. The quantitative estimate of drug-likeness (QED) is 0.0503. The molecule has 0 radical (unpaired) electrons. The lowest BCUT2D eigenvalue weighted by Crippen LogP contribution is -2.70. The zero-order chi connectivity index (χ0) is 46.0. The highest BCUT2D eigenvalue weighted by atomic mass is 32.2. The fourth-order valence-corrected chi connectivity index (χ4v) is 11.9. The fourth-order valence-electron chi connectivity index (χ4n) is 10.2. The van der Waals surface area contributed by atoms with E-state index >= 15 is 8.42 Å². The van der Waals surface area contributed by atoms with Crippen molar-refractivity contribution in [2.45, 2.75) is 127 Å². The van der Waals surface area contributed by atoms with E-state index in [1.54, 1.807) is 18.2 Å². The van der Waals surface area contributed by atoms with E-state index in [-0.39, 0.29) is 67.9 Å². The number of fused-ring (bicyclic) bond motifs is 2. The number of carbonyl (C=O) groups is 1. The number of unbranched alkanes of at least 4 members (excludes halogenated alkanes) is 2. The minimum Gasteiger partial charge on any atom is -0.487 e. The summed E-state index contributed by atoms with van der Waals surface area (Å²) in [6.45, 7) is 10.5. The van der Waals surface area contributed by atoms with Crippen molar-refractivity contribution in [2.75, 3.05) is 38.3 Å². The summed E-state index contributed by atoms with van der Waals surface area (Å²) >= 11 is 0. The molecule has 1 saturated heterocycles. The molecular weight excluding hydrogens is 849 g/mol. The number of hydrogen-bond acceptors (Lipinski definition) is 12. The van der Waals surface area contributed by atoms with Crippen LogP contribution in [0.25, 0.3) is 0 Å². The summed E-state index contributed by atoms with van der Waals surface area (Å²) < 4.78 is 58.9. The second kappa shape index (κ2) is 22.2. The van der Waals surface area contributed by atoms with E-state index in [0.717, 1.165) is 61.0 Å². The molecule has 7 atom stereocenters. The maximum absolute atomic E-state index is 15.3. The summed E-state index contributed by atoms with van der Waals surface area (Å²) in [7, 11) is -4.26. The minimum atomic E-state index is -4.26. The third-order valence-electron chi connectivity index (χ3n) is 13.0. The van der Waals surface area contributed by atoms with E-state index in [1.165, 1.54) is 23.4 Å². The Hall–Kier alpha value is -4.64. The number of pyridine rings is 1. The van der Waals surface area contributed by atoms with Gasteiger partial charge in [0.2, 0.25) is 28.0 Å². The standard InChI is InChI=1S/C50H66N4O10S/c1-5-25-54(65(58,59)40-22-19-37(20-23-40)52-35(4)57)46-32-44(53-64-47-18-9-12-29-60-47)42-30-36(15-7-10-26-55)41(17-8-11-27-56)48-43-31-39(61-33-38-16-13-14-34(3)51-38)21-24-45(43)63-50(46,49(42)48)62-28-6-2/h6,13-14,16,19-24,30-31,36,41,46-49,55-56H,2,5,7-12,15,17-18,25-29,32-33H2,1,3-4H3,(H,52,57). The van der Waals surface area contributed by atoms with Gasteiger partial charge < -0.3 is 39.3 Å². The van der Waals surface area contributed by atoms with Gasteiger partial charge in [-0.2, -0.15) is 4.31 Å². The van der Waals surface area contributed by atoms with Crippen LogP contribution in [0, 0.1) is 24.7 Å². The maximum atomic E-state index is 15.3. The number of carbonyl (C=O) groups excluding carboxylic acids is 1. The van der Waals surface area contributed by atoms with E-state index in [0.29, 0.717) is 55.2 Å². The number of amides is 1. The number of anilines is 1. The van der Waals surface area contributed by atoms with Crippen LogP contribution in [-0.2, 0) is 35.7 Å². The highest BCUT2D eigenvalue weighted by Crippen LogP contribution is 2.62. The largest absolute Gasteiger partial charge is 0.487 e. The maximum Gasteiger partial charge on any atom is 0.243 e. The number of aliphatic hydroxyl groups is 2. The fraction of sp³-hybridized carbons (Fsp3) is 0.540. The first-order chi connectivity index (χ1) is 31.5. The Morgan fingerprint density at radius 1 is 1.06 bits per heavy atom. The molecule has 7 unspecified atom stereocenters. The molecule has 15 heteroatoms. The molecule has 2 aliphatic carbocycles. The smallest absolute Gasteiger partial charge is 0.243 e. The van der Waals surface area contributed by atoms with Gasteiger partial charge in [0, 0.05) is 62.4 Å². The van der Waals surface area contributed by atoms with Crippen LogP contribution in [0.15, 0.2) is 95.0 Å². The van der Waals surface area contributed by atoms with Gasteiger partial charge in [-0.05, 0) is 124 Å². The Morgan fingerprint density at radius 3 is 2.54 bits per heavy atom. The normalized spacial score (nSPS) is 25.5. The van der Waals surface area contributed by atoms with Crippen molar-refractivity contribution < 1.29 is 47.2 Å². The third-order valence-corrected chi connectivity index (χ3v) is 14.9. The van der Waals surface area contributed by atoms with Gasteiger partial charge in [0.25, 0.3) is 0 Å². The van der Waals surface area contributed by atoms with Crippen LogP contribution in [0.3, 0.4) is 0 Å². The number of benzene rings is 2. The van der Waals surface area contributed by atoms with Crippen LogP contribution in [-0.4, -0.2) is 90.6 Å². The molecule has 1 amide bonds. The summed E-state index contributed by atoms with van der Waals surface area (Å²) in [4.78, 5) is 22.8. The second-order valence-electron chi connectivity index (χ2n) is 17.6. The Balaban J connectivity index is 1.44. The number of oxime groups is 1. The predicted molar refractivity (Wildman–Crippen MR) is 248 cm³/mol. The average molecular weight is 915 g/mol. The topological polar surface area (TPSA) is 178 Å². The SMILES string of the molecule is C=CCOC12Oc3ccc(OCc4cccc(C)n4)cc3C3C(CCCCO)C(CCCCO)C=C(C(=NOC4CCCCO4)CC1N(CCC)S(=O)(=O)c1ccc(NC(C)=O)cc1)C32. The number of aryl methyl sites for hydroxylation is 1. The van der Waals surface area contributed by atoms with Crippen LogP contribution >= 0.6 is 0 Å². The van der Waals surface area contributed by atoms with E-state index in [1.807, 2.05) is 50.2 Å². The van der Waals surface area contributed by atoms with Crippen molar-refractivity contribution in [3.05, 3.63) is 102 Å². The number of allylic oxidation sites excluding steroid dienone is 1. The minimum absolute atomic E-state index is 0.0165. The van der Waals surface area contributed by atoms with Crippen molar-refractivity contribution in [2.24, 2.45) is 22.9 Å². The molecule has 0 bridgehead atoms. The van der Waals surface area contributed by atoms with Crippen LogP contribution in [0.1, 0.15) is 107 Å². The first-order valence-electron chi connectivity index (χ1n) is 23.3. The van der Waals surface area contributed by atoms with Gasteiger partial charge in [-0.15, -0.1) is 6.58 Å². The lowest BCUT2D eigenvalue weighted by molar-refractivity contribution is -0.251. The Bertz CT molecular complexity index is 2260. The molecule has 0 spiro atoms. The second-order valence-corrected chi connectivity index (χ2v) is 19.4. The summed E-state index contributed by atoms with van der Waals surface area (Å²) in [5, 5.41) is 27.6. The summed E-state index contributed by atoms with van der Waals surface area (Å²) in [5.41, 5.74) is 4.54. The van der Waals surface area contributed by atoms with Crippen LogP contribution < -0.4 is 14.8 Å². The molecule has 3 N–H and O–H groups in total. The van der Waals surface area contributed by atoms with E-state index in [2.05, 4.69) is 23.0 Å². The zero-order valence-corrected chi connectivity index (χ0v) is 38.8. The molecule has 352 valence electrons. The number of nitrogens with one attached hydrogen (secondary N) is 1. The molecular formula is C50H66N4O10S. The monoisotopic (exact) mass is 914 g/mol. The Morgan fingerprint density at radius 2 is 1.85 bits per heavy atom. The van der Waals surface area contributed by atoms with Crippen LogP contribution in [0.5, 0.6) is 11.5 Å². The number of sulfonamides is 1. The van der Waals surface area contributed by atoms with Crippen LogP contribution in [0.4, 0.5) is 5.69 Å². The van der Waals surface area contributed by atoms with E-state index in [9.17, 15) is 15.0 Å². The number of ether oxygens (including phenoxy) is 4. The number of nitrogens with zero attached hydrogens (tertiary/aromatic N) is 3. The first kappa shape index (κ1) is 48.3. The molecule has 14 nitrogen and oxygen atoms in total. The Kier molecular flexibility index (Phi) is 16.5. The van der Waals surface area contributed by atoms with Crippen molar-refractivity contribution in [1.29, 1.82) is 0 Å². The van der Waals surface area contributed by atoms with E-state index < -0.39 is 34.1 Å². The third kappa shape index (κ3) is 11.0. The van der Waals surface area contributed by atoms with Gasteiger partial charge in [-0.1, -0.05) is 43.1 Å². The average Bonchev–Trinajstić information content (AvgIpc) is 3.30. The molecule has 7 rings (SSSR count). The summed E-state index contributed by atoms with van der Waals surface area (Å²) in [5.74, 6) is -1.56. The highest BCUT2D eigenvalue weighted by molar-refractivity contribution is 7.89. The van der Waals surface area contributed by atoms with Gasteiger partial charge in [-0.3, -0.25) is 9.78 Å². The van der Waals surface area contributed by atoms with Gasteiger partial charge in [0.05, 0.1) is 41.5 Å². The first-order valence-corrected chi connectivity index (χ1v) is 24.8. The van der Waals surface area contributed by atoms with Crippen molar-refractivity contribution in [3.8, 4) is 11.5 Å². The lowest BCUT2D eigenvalue weighted by atomic mass is 9.55. The molecule has 65 heavy (non-hydrogen) atoms. The summed E-state index contributed by atoms with van der Waals surface area (Å²) in [6.07, 6.45) is 10.9. The highest BCUT2D eigenvalue weighted by Gasteiger charge is 2.66. The molecule has 3 aromatic rings. The van der Waals surface area contributed by atoms with Crippen molar-refractivity contribution in [1.82, 2.24) is 9.29 Å². The molecule has 2 aliphatic heterocycles. The number of aromatic nitrogens is 1. The molecule has 4 aliphatic rings.